The molecular formula is C20H24N2O4. The Kier molecular flexibility index (Phi) is 6.33. The van der Waals surface area contributed by atoms with Crippen LogP contribution in [0.3, 0.4) is 0 Å². The lowest BCUT2D eigenvalue weighted by Crippen LogP contribution is -2.36. The van der Waals surface area contributed by atoms with Gasteiger partial charge in [0.05, 0.1) is 20.3 Å². The Balaban J connectivity index is 1.43. The van der Waals surface area contributed by atoms with Gasteiger partial charge in [-0.1, -0.05) is 18.2 Å². The monoisotopic (exact) mass is 356 g/mol. The fourth-order valence-electron chi connectivity index (χ4n) is 2.74. The third kappa shape index (κ3) is 5.13. The number of nitrogens with zero attached hydrogens (tertiary/aromatic N) is 1. The molecule has 138 valence electrons. The summed E-state index contributed by atoms with van der Waals surface area (Å²) in [7, 11) is 1.59. The van der Waals surface area contributed by atoms with Crippen LogP contribution in [-0.4, -0.2) is 45.9 Å². The third-order valence-electron chi connectivity index (χ3n) is 4.21. The van der Waals surface area contributed by atoms with Gasteiger partial charge in [-0.15, -0.1) is 0 Å². The lowest BCUT2D eigenvalue weighted by atomic mass is 10.2. The highest BCUT2D eigenvalue weighted by Crippen LogP contribution is 2.19. The minimum absolute atomic E-state index is 0.0287. The molecule has 1 aliphatic heterocycles. The van der Waals surface area contributed by atoms with Gasteiger partial charge in [0.25, 0.3) is 5.91 Å². The Morgan fingerprint density at radius 1 is 1.12 bits per heavy atom. The van der Waals surface area contributed by atoms with Crippen molar-refractivity contribution in [2.75, 3.05) is 44.9 Å². The second-order valence-corrected chi connectivity index (χ2v) is 6.01. The van der Waals surface area contributed by atoms with E-state index in [0.717, 1.165) is 31.9 Å². The maximum absolute atomic E-state index is 12.0. The summed E-state index contributed by atoms with van der Waals surface area (Å²) in [6, 6.07) is 15.4. The first-order valence-corrected chi connectivity index (χ1v) is 8.70. The Labute approximate surface area is 153 Å². The van der Waals surface area contributed by atoms with E-state index in [2.05, 4.69) is 22.3 Å². The summed E-state index contributed by atoms with van der Waals surface area (Å²) in [5, 5.41) is 2.87. The molecule has 0 aromatic heterocycles. The predicted octanol–water partition coefficient (Wildman–Crippen LogP) is 2.23. The molecule has 1 fully saturated rings. The number of hydrogen-bond donors (Lipinski definition) is 1. The van der Waals surface area contributed by atoms with Crippen molar-refractivity contribution in [1.29, 1.82) is 0 Å². The van der Waals surface area contributed by atoms with Crippen LogP contribution in [0.5, 0.6) is 11.5 Å². The lowest BCUT2D eigenvalue weighted by Gasteiger charge is -2.28. The molecule has 3 rings (SSSR count). The molecule has 0 bridgehead atoms. The van der Waals surface area contributed by atoms with Crippen LogP contribution < -0.4 is 19.7 Å². The second kappa shape index (κ2) is 9.10. The van der Waals surface area contributed by atoms with Gasteiger partial charge in [0, 0.05) is 31.4 Å². The number of carbonyl (C=O) groups is 1. The third-order valence-corrected chi connectivity index (χ3v) is 4.21. The second-order valence-electron chi connectivity index (χ2n) is 6.01. The van der Waals surface area contributed by atoms with Crippen LogP contribution in [0.25, 0.3) is 0 Å². The number of amides is 1. The van der Waals surface area contributed by atoms with E-state index in [4.69, 9.17) is 14.2 Å². The fourth-order valence-corrected chi connectivity index (χ4v) is 2.74. The van der Waals surface area contributed by atoms with E-state index in [9.17, 15) is 4.79 Å². The average Bonchev–Trinajstić information content (AvgIpc) is 2.72. The molecule has 6 nitrogen and oxygen atoms in total. The molecule has 0 unspecified atom stereocenters. The highest BCUT2D eigenvalue weighted by atomic mass is 16.5. The Morgan fingerprint density at radius 3 is 2.58 bits per heavy atom. The number of hydrogen-bond acceptors (Lipinski definition) is 5. The van der Waals surface area contributed by atoms with Crippen molar-refractivity contribution in [3.8, 4) is 11.5 Å². The van der Waals surface area contributed by atoms with E-state index in [1.54, 1.807) is 19.2 Å². The SMILES string of the molecule is COc1cccc(OCC(=O)NCc2ccc(N3CCOCC3)cc2)c1. The van der Waals surface area contributed by atoms with Crippen LogP contribution in [0, 0.1) is 0 Å². The molecule has 0 atom stereocenters. The number of rotatable bonds is 7. The molecule has 1 heterocycles. The normalized spacial score (nSPS) is 14.0. The molecule has 6 heteroatoms. The minimum atomic E-state index is -0.162. The number of nitrogens with one attached hydrogen (secondary N) is 1. The summed E-state index contributed by atoms with van der Waals surface area (Å²) in [6.45, 7) is 3.81. The maximum atomic E-state index is 12.0. The molecule has 26 heavy (non-hydrogen) atoms. The molecule has 0 spiro atoms. The molecule has 1 N–H and O–H groups in total. The van der Waals surface area contributed by atoms with Crippen LogP contribution in [0.4, 0.5) is 5.69 Å². The summed E-state index contributed by atoms with van der Waals surface area (Å²) >= 11 is 0. The van der Waals surface area contributed by atoms with Crippen molar-refractivity contribution in [2.45, 2.75) is 6.54 Å². The van der Waals surface area contributed by atoms with Crippen molar-refractivity contribution in [3.63, 3.8) is 0 Å². The van der Waals surface area contributed by atoms with E-state index in [1.807, 2.05) is 24.3 Å². The van der Waals surface area contributed by atoms with E-state index in [1.165, 1.54) is 5.69 Å². The number of anilines is 1. The number of benzene rings is 2. The van der Waals surface area contributed by atoms with Gasteiger partial charge in [-0.25, -0.2) is 0 Å². The van der Waals surface area contributed by atoms with Crippen molar-refractivity contribution >= 4 is 11.6 Å². The topological polar surface area (TPSA) is 60.0 Å². The molecule has 0 saturated carbocycles. The van der Waals surface area contributed by atoms with Crippen LogP contribution >= 0.6 is 0 Å². The van der Waals surface area contributed by atoms with Gasteiger partial charge in [-0.3, -0.25) is 4.79 Å². The molecular weight excluding hydrogens is 332 g/mol. The first kappa shape index (κ1) is 18.1. The average molecular weight is 356 g/mol. The maximum Gasteiger partial charge on any atom is 0.258 e. The zero-order valence-electron chi connectivity index (χ0n) is 14.9. The standard InChI is InChI=1S/C20H24N2O4/c1-24-18-3-2-4-19(13-18)26-15-20(23)21-14-16-5-7-17(8-6-16)22-9-11-25-12-10-22/h2-8,13H,9-12,14-15H2,1H3,(H,21,23). The summed E-state index contributed by atoms with van der Waals surface area (Å²) in [4.78, 5) is 14.3. The van der Waals surface area contributed by atoms with Crippen LogP contribution in [0.2, 0.25) is 0 Å². The molecule has 1 aliphatic rings. The zero-order chi connectivity index (χ0) is 18.2. The molecule has 0 radical (unpaired) electrons. The Bertz CT molecular complexity index is 712. The van der Waals surface area contributed by atoms with Gasteiger partial charge in [-0.05, 0) is 29.8 Å². The van der Waals surface area contributed by atoms with Crippen molar-refractivity contribution < 1.29 is 19.0 Å². The molecule has 1 saturated heterocycles. The minimum Gasteiger partial charge on any atom is -0.497 e. The van der Waals surface area contributed by atoms with Crippen LogP contribution in [0.15, 0.2) is 48.5 Å². The molecule has 1 amide bonds. The zero-order valence-corrected chi connectivity index (χ0v) is 14.9. The molecule has 2 aromatic carbocycles. The van der Waals surface area contributed by atoms with Crippen molar-refractivity contribution in [3.05, 3.63) is 54.1 Å². The van der Waals surface area contributed by atoms with E-state index in [-0.39, 0.29) is 12.5 Å². The Morgan fingerprint density at radius 2 is 1.85 bits per heavy atom. The molecule has 0 aliphatic carbocycles. The summed E-state index contributed by atoms with van der Waals surface area (Å²) in [5.74, 6) is 1.14. The van der Waals surface area contributed by atoms with Gasteiger partial charge >= 0.3 is 0 Å². The summed E-state index contributed by atoms with van der Waals surface area (Å²) < 4.78 is 16.0. The van der Waals surface area contributed by atoms with E-state index in [0.29, 0.717) is 18.0 Å². The number of methoxy groups -OCH3 is 1. The number of morpholine rings is 1. The van der Waals surface area contributed by atoms with Gasteiger partial charge < -0.3 is 24.4 Å². The van der Waals surface area contributed by atoms with Gasteiger partial charge in [0.2, 0.25) is 0 Å². The lowest BCUT2D eigenvalue weighted by molar-refractivity contribution is -0.123. The van der Waals surface area contributed by atoms with Crippen molar-refractivity contribution in [1.82, 2.24) is 5.32 Å². The van der Waals surface area contributed by atoms with E-state index >= 15 is 0 Å². The summed E-state index contributed by atoms with van der Waals surface area (Å²) in [6.07, 6.45) is 0. The summed E-state index contributed by atoms with van der Waals surface area (Å²) in [5.41, 5.74) is 2.24. The first-order chi connectivity index (χ1) is 12.7. The highest BCUT2D eigenvalue weighted by molar-refractivity contribution is 5.77. The smallest absolute Gasteiger partial charge is 0.258 e. The molecule has 2 aromatic rings. The first-order valence-electron chi connectivity index (χ1n) is 8.70. The quantitative estimate of drug-likeness (QED) is 0.824. The fraction of sp³-hybridized carbons (Fsp3) is 0.350. The highest BCUT2D eigenvalue weighted by Gasteiger charge is 2.11. The van der Waals surface area contributed by atoms with Gasteiger partial charge in [0.15, 0.2) is 6.61 Å². The number of carbonyl (C=O) groups excluding carboxylic acids is 1. The van der Waals surface area contributed by atoms with Gasteiger partial charge in [-0.2, -0.15) is 0 Å². The van der Waals surface area contributed by atoms with Crippen LogP contribution in [0.1, 0.15) is 5.56 Å². The van der Waals surface area contributed by atoms with E-state index < -0.39 is 0 Å². The van der Waals surface area contributed by atoms with Crippen molar-refractivity contribution in [2.24, 2.45) is 0 Å². The largest absolute Gasteiger partial charge is 0.497 e. The Hall–Kier alpha value is -2.73. The van der Waals surface area contributed by atoms with Crippen LogP contribution in [-0.2, 0) is 16.1 Å². The predicted molar refractivity (Wildman–Crippen MR) is 99.8 cm³/mol. The van der Waals surface area contributed by atoms with Gasteiger partial charge in [0.1, 0.15) is 11.5 Å². The number of ether oxygens (including phenoxy) is 3.